The van der Waals surface area contributed by atoms with Gasteiger partial charge in [-0.25, -0.2) is 4.98 Å². The first-order valence-corrected chi connectivity index (χ1v) is 9.15. The van der Waals surface area contributed by atoms with Gasteiger partial charge in [-0.15, -0.1) is 11.3 Å². The lowest BCUT2D eigenvalue weighted by Gasteiger charge is -2.30. The Hall–Kier alpha value is -1.68. The van der Waals surface area contributed by atoms with Crippen molar-refractivity contribution in [2.45, 2.75) is 40.0 Å². The fraction of sp³-hybridized carbons (Fsp3) is 0.474. The minimum atomic E-state index is 0.249. The third kappa shape index (κ3) is 3.81. The van der Waals surface area contributed by atoms with E-state index >= 15 is 0 Å². The molecule has 0 radical (unpaired) electrons. The lowest BCUT2D eigenvalue weighted by Crippen LogP contribution is -2.39. The number of carbonyl (C=O) groups excluding carboxylic acids is 1. The highest BCUT2D eigenvalue weighted by atomic mass is 32.1. The van der Waals surface area contributed by atoms with Gasteiger partial charge in [0, 0.05) is 23.5 Å². The van der Waals surface area contributed by atoms with E-state index in [-0.39, 0.29) is 5.91 Å². The van der Waals surface area contributed by atoms with Gasteiger partial charge in [-0.1, -0.05) is 36.8 Å². The molecule has 1 atom stereocenters. The summed E-state index contributed by atoms with van der Waals surface area (Å²) in [5.74, 6) is 0.872. The fourth-order valence-electron chi connectivity index (χ4n) is 3.08. The number of aromatic nitrogens is 1. The van der Waals surface area contributed by atoms with E-state index in [0.717, 1.165) is 40.7 Å². The third-order valence-corrected chi connectivity index (χ3v) is 5.72. The highest BCUT2D eigenvalue weighted by Crippen LogP contribution is 2.29. The molecule has 1 unspecified atom stereocenters. The summed E-state index contributed by atoms with van der Waals surface area (Å²) in [5, 5.41) is 1.01. The van der Waals surface area contributed by atoms with Crippen LogP contribution in [0.5, 0.6) is 0 Å². The molecule has 0 bridgehead atoms. The molecule has 1 aliphatic rings. The van der Waals surface area contributed by atoms with Gasteiger partial charge in [-0.05, 0) is 32.6 Å². The van der Waals surface area contributed by atoms with Gasteiger partial charge in [0.05, 0.1) is 12.1 Å². The quantitative estimate of drug-likeness (QED) is 0.845. The van der Waals surface area contributed by atoms with Crippen molar-refractivity contribution in [2.75, 3.05) is 13.1 Å². The van der Waals surface area contributed by atoms with E-state index in [1.54, 1.807) is 11.3 Å². The predicted octanol–water partition coefficient (Wildman–Crippen LogP) is 4.23. The molecular formula is C19H24N2OS. The van der Waals surface area contributed by atoms with Crippen molar-refractivity contribution in [2.24, 2.45) is 5.92 Å². The van der Waals surface area contributed by atoms with Crippen LogP contribution in [0.3, 0.4) is 0 Å². The van der Waals surface area contributed by atoms with Crippen LogP contribution in [-0.2, 0) is 11.2 Å². The maximum atomic E-state index is 12.6. The van der Waals surface area contributed by atoms with Gasteiger partial charge in [0.2, 0.25) is 5.91 Å². The SMILES string of the molecule is Cc1ccc(-c2nc(C)c(CC(=O)N3CCCC(C)C3)s2)cc1. The Balaban J connectivity index is 1.73. The Morgan fingerprint density at radius 3 is 2.74 bits per heavy atom. The molecule has 1 saturated heterocycles. The number of benzene rings is 1. The van der Waals surface area contributed by atoms with Gasteiger partial charge in [-0.3, -0.25) is 4.79 Å². The molecule has 4 heteroatoms. The van der Waals surface area contributed by atoms with Crippen LogP contribution in [0.2, 0.25) is 0 Å². The second kappa shape index (κ2) is 6.83. The molecule has 1 aromatic carbocycles. The largest absolute Gasteiger partial charge is 0.342 e. The van der Waals surface area contributed by atoms with E-state index in [4.69, 9.17) is 0 Å². The lowest BCUT2D eigenvalue weighted by atomic mass is 10.00. The van der Waals surface area contributed by atoms with Gasteiger partial charge < -0.3 is 4.90 Å². The average Bonchev–Trinajstić information content (AvgIpc) is 2.89. The number of thiazole rings is 1. The number of piperidine rings is 1. The Kier molecular flexibility index (Phi) is 4.81. The summed E-state index contributed by atoms with van der Waals surface area (Å²) in [4.78, 5) is 20.4. The molecule has 0 saturated carbocycles. The van der Waals surface area contributed by atoms with E-state index in [1.165, 1.54) is 12.0 Å². The number of hydrogen-bond acceptors (Lipinski definition) is 3. The summed E-state index contributed by atoms with van der Waals surface area (Å²) in [6.45, 7) is 8.14. The minimum Gasteiger partial charge on any atom is -0.342 e. The van der Waals surface area contributed by atoms with E-state index in [0.29, 0.717) is 12.3 Å². The van der Waals surface area contributed by atoms with Crippen molar-refractivity contribution in [1.29, 1.82) is 0 Å². The average molecular weight is 328 g/mol. The Bertz CT molecular complexity index is 690. The zero-order valence-corrected chi connectivity index (χ0v) is 14.9. The van der Waals surface area contributed by atoms with E-state index in [9.17, 15) is 4.79 Å². The minimum absolute atomic E-state index is 0.249. The normalized spacial score (nSPS) is 18.2. The molecular weight excluding hydrogens is 304 g/mol. The monoisotopic (exact) mass is 328 g/mol. The van der Waals surface area contributed by atoms with Crippen LogP contribution >= 0.6 is 11.3 Å². The number of carbonyl (C=O) groups is 1. The molecule has 2 heterocycles. The molecule has 3 rings (SSSR count). The zero-order valence-electron chi connectivity index (χ0n) is 14.1. The van der Waals surface area contributed by atoms with E-state index in [2.05, 4.69) is 43.1 Å². The number of aryl methyl sites for hydroxylation is 2. The predicted molar refractivity (Wildman–Crippen MR) is 95.7 cm³/mol. The fourth-order valence-corrected chi connectivity index (χ4v) is 4.14. The molecule has 1 fully saturated rings. The summed E-state index contributed by atoms with van der Waals surface area (Å²) >= 11 is 1.65. The lowest BCUT2D eigenvalue weighted by molar-refractivity contribution is -0.132. The first-order chi connectivity index (χ1) is 11.0. The number of amides is 1. The third-order valence-electron chi connectivity index (χ3n) is 4.51. The van der Waals surface area contributed by atoms with Crippen molar-refractivity contribution < 1.29 is 4.79 Å². The highest BCUT2D eigenvalue weighted by molar-refractivity contribution is 7.15. The summed E-state index contributed by atoms with van der Waals surface area (Å²) < 4.78 is 0. The molecule has 122 valence electrons. The summed E-state index contributed by atoms with van der Waals surface area (Å²) in [5.41, 5.74) is 3.37. The number of hydrogen-bond donors (Lipinski definition) is 0. The maximum absolute atomic E-state index is 12.6. The number of nitrogens with zero attached hydrogens (tertiary/aromatic N) is 2. The zero-order chi connectivity index (χ0) is 16.4. The van der Waals surface area contributed by atoms with Crippen molar-refractivity contribution in [3.8, 4) is 10.6 Å². The molecule has 1 aliphatic heterocycles. The van der Waals surface area contributed by atoms with Crippen LogP contribution < -0.4 is 0 Å². The van der Waals surface area contributed by atoms with Gasteiger partial charge in [0.1, 0.15) is 5.01 Å². The molecule has 1 amide bonds. The second-order valence-corrected chi connectivity index (χ2v) is 7.74. The Labute approximate surface area is 142 Å². The summed E-state index contributed by atoms with van der Waals surface area (Å²) in [7, 11) is 0. The van der Waals surface area contributed by atoms with E-state index < -0.39 is 0 Å². The van der Waals surface area contributed by atoms with Crippen molar-refractivity contribution >= 4 is 17.2 Å². The maximum Gasteiger partial charge on any atom is 0.227 e. The molecule has 3 nitrogen and oxygen atoms in total. The van der Waals surface area contributed by atoms with Gasteiger partial charge in [0.15, 0.2) is 0 Å². The Morgan fingerprint density at radius 2 is 2.04 bits per heavy atom. The smallest absolute Gasteiger partial charge is 0.227 e. The van der Waals surface area contributed by atoms with Gasteiger partial charge in [0.25, 0.3) is 0 Å². The molecule has 0 spiro atoms. The summed E-state index contributed by atoms with van der Waals surface area (Å²) in [6.07, 6.45) is 2.85. The van der Waals surface area contributed by atoms with E-state index in [1.807, 2.05) is 11.8 Å². The Morgan fingerprint density at radius 1 is 1.30 bits per heavy atom. The van der Waals surface area contributed by atoms with Crippen LogP contribution in [0, 0.1) is 19.8 Å². The highest BCUT2D eigenvalue weighted by Gasteiger charge is 2.22. The van der Waals surface area contributed by atoms with Crippen LogP contribution in [0.4, 0.5) is 0 Å². The van der Waals surface area contributed by atoms with Crippen LogP contribution in [0.15, 0.2) is 24.3 Å². The second-order valence-electron chi connectivity index (χ2n) is 6.66. The molecule has 2 aromatic rings. The molecule has 0 N–H and O–H groups in total. The van der Waals surface area contributed by atoms with Gasteiger partial charge in [-0.2, -0.15) is 0 Å². The number of likely N-dealkylation sites (tertiary alicyclic amines) is 1. The molecule has 0 aliphatic carbocycles. The summed E-state index contributed by atoms with van der Waals surface area (Å²) in [6, 6.07) is 8.41. The number of rotatable bonds is 3. The van der Waals surface area contributed by atoms with Crippen molar-refractivity contribution in [1.82, 2.24) is 9.88 Å². The standard InChI is InChI=1S/C19H24N2OS/c1-13-6-8-16(9-7-13)19-20-15(3)17(23-19)11-18(22)21-10-4-5-14(2)12-21/h6-9,14H,4-5,10-12H2,1-3H3. The van der Waals surface area contributed by atoms with Crippen molar-refractivity contribution in [3.63, 3.8) is 0 Å². The van der Waals surface area contributed by atoms with Crippen LogP contribution in [0.1, 0.15) is 35.9 Å². The van der Waals surface area contributed by atoms with Crippen LogP contribution in [-0.4, -0.2) is 28.9 Å². The van der Waals surface area contributed by atoms with Gasteiger partial charge >= 0.3 is 0 Å². The first kappa shape index (κ1) is 16.2. The molecule has 1 aromatic heterocycles. The van der Waals surface area contributed by atoms with Crippen LogP contribution in [0.25, 0.3) is 10.6 Å². The topological polar surface area (TPSA) is 33.2 Å². The van der Waals surface area contributed by atoms with Crippen molar-refractivity contribution in [3.05, 3.63) is 40.4 Å². The molecule has 23 heavy (non-hydrogen) atoms. The first-order valence-electron chi connectivity index (χ1n) is 8.34.